The quantitative estimate of drug-likeness (QED) is 0.729. The average molecular weight is 341 g/mol. The third-order valence-electron chi connectivity index (χ3n) is 3.70. The predicted octanol–water partition coefficient (Wildman–Crippen LogP) is 4.82. The van der Waals surface area contributed by atoms with E-state index in [-0.39, 0.29) is 0 Å². The van der Waals surface area contributed by atoms with E-state index < -0.39 is 0 Å². The van der Waals surface area contributed by atoms with E-state index >= 15 is 0 Å². The normalized spacial score (nSPS) is 12.8. The number of anilines is 1. The molecule has 1 N–H and O–H groups in total. The fourth-order valence-electron chi connectivity index (χ4n) is 2.20. The predicted molar refractivity (Wildman–Crippen MR) is 93.5 cm³/mol. The first-order valence-electron chi connectivity index (χ1n) is 7.74. The monoisotopic (exact) mass is 340 g/mol. The summed E-state index contributed by atoms with van der Waals surface area (Å²) in [6, 6.07) is 7.13. The van der Waals surface area contributed by atoms with Crippen molar-refractivity contribution in [3.8, 4) is 0 Å². The number of rotatable bonds is 8. The third kappa shape index (κ3) is 5.45. The standard InChI is InChI=1S/C17H29BrN2/c1-6-14(5)12-20(7-2)17-10-16(18)9-8-15(17)11-19-13(3)4/h8-10,13-14,19H,6-7,11-12H2,1-5H3. The highest BCUT2D eigenvalue weighted by molar-refractivity contribution is 9.10. The molecule has 114 valence electrons. The van der Waals surface area contributed by atoms with Crippen molar-refractivity contribution in [1.29, 1.82) is 0 Å². The molecule has 20 heavy (non-hydrogen) atoms. The van der Waals surface area contributed by atoms with Gasteiger partial charge in [0.05, 0.1) is 0 Å². The van der Waals surface area contributed by atoms with Crippen LogP contribution in [0.1, 0.15) is 46.6 Å². The average Bonchev–Trinajstić information content (AvgIpc) is 2.42. The molecule has 1 rings (SSSR count). The summed E-state index contributed by atoms with van der Waals surface area (Å²) in [6.07, 6.45) is 1.23. The Bertz CT molecular complexity index is 404. The zero-order valence-corrected chi connectivity index (χ0v) is 15.1. The van der Waals surface area contributed by atoms with Gasteiger partial charge in [0, 0.05) is 35.8 Å². The molecule has 0 aliphatic carbocycles. The topological polar surface area (TPSA) is 15.3 Å². The molecule has 1 aromatic rings. The van der Waals surface area contributed by atoms with Crippen molar-refractivity contribution in [2.75, 3.05) is 18.0 Å². The zero-order valence-electron chi connectivity index (χ0n) is 13.5. The Hall–Kier alpha value is -0.540. The van der Waals surface area contributed by atoms with Gasteiger partial charge >= 0.3 is 0 Å². The zero-order chi connectivity index (χ0) is 15.1. The van der Waals surface area contributed by atoms with Crippen molar-refractivity contribution < 1.29 is 0 Å². The van der Waals surface area contributed by atoms with Crippen LogP contribution < -0.4 is 10.2 Å². The molecule has 0 bridgehead atoms. The van der Waals surface area contributed by atoms with Gasteiger partial charge in [-0.25, -0.2) is 0 Å². The minimum atomic E-state index is 0.510. The van der Waals surface area contributed by atoms with E-state index in [0.29, 0.717) is 6.04 Å². The van der Waals surface area contributed by atoms with Crippen LogP contribution in [-0.2, 0) is 6.54 Å². The summed E-state index contributed by atoms with van der Waals surface area (Å²) >= 11 is 3.61. The van der Waals surface area contributed by atoms with Gasteiger partial charge in [-0.1, -0.05) is 56.1 Å². The molecule has 0 spiro atoms. The van der Waals surface area contributed by atoms with Gasteiger partial charge in [0.2, 0.25) is 0 Å². The lowest BCUT2D eigenvalue weighted by atomic mass is 10.1. The Kier molecular flexibility index (Phi) is 7.60. The Morgan fingerprint density at radius 2 is 1.90 bits per heavy atom. The molecule has 0 heterocycles. The molecule has 1 atom stereocenters. The molecular formula is C17H29BrN2. The number of nitrogens with one attached hydrogen (secondary N) is 1. The first-order chi connectivity index (χ1) is 9.47. The molecule has 0 aromatic heterocycles. The Labute approximate surface area is 133 Å². The molecule has 0 aliphatic rings. The largest absolute Gasteiger partial charge is 0.371 e. The van der Waals surface area contributed by atoms with E-state index in [1.54, 1.807) is 0 Å². The van der Waals surface area contributed by atoms with Crippen LogP contribution in [0.4, 0.5) is 5.69 Å². The second-order valence-electron chi connectivity index (χ2n) is 5.86. The summed E-state index contributed by atoms with van der Waals surface area (Å²) in [5.41, 5.74) is 2.74. The molecule has 0 aliphatic heterocycles. The summed E-state index contributed by atoms with van der Waals surface area (Å²) in [7, 11) is 0. The number of nitrogens with zero attached hydrogens (tertiary/aromatic N) is 1. The first-order valence-corrected chi connectivity index (χ1v) is 8.53. The lowest BCUT2D eigenvalue weighted by Crippen LogP contribution is -2.30. The Morgan fingerprint density at radius 3 is 2.45 bits per heavy atom. The van der Waals surface area contributed by atoms with Gasteiger partial charge in [0.15, 0.2) is 0 Å². The molecule has 1 aromatic carbocycles. The summed E-state index contributed by atoms with van der Waals surface area (Å²) in [5, 5.41) is 3.53. The molecule has 0 amide bonds. The maximum absolute atomic E-state index is 3.61. The number of halogens is 1. The van der Waals surface area contributed by atoms with Crippen LogP contribution in [-0.4, -0.2) is 19.1 Å². The van der Waals surface area contributed by atoms with Crippen molar-refractivity contribution >= 4 is 21.6 Å². The summed E-state index contributed by atoms with van der Waals surface area (Å²) in [6.45, 7) is 14.3. The van der Waals surface area contributed by atoms with Crippen molar-refractivity contribution in [3.05, 3.63) is 28.2 Å². The highest BCUT2D eigenvalue weighted by Gasteiger charge is 2.13. The van der Waals surface area contributed by atoms with Crippen molar-refractivity contribution in [2.24, 2.45) is 5.92 Å². The van der Waals surface area contributed by atoms with E-state index in [2.05, 4.69) is 79.0 Å². The first kappa shape index (κ1) is 17.5. The van der Waals surface area contributed by atoms with Crippen molar-refractivity contribution in [3.63, 3.8) is 0 Å². The lowest BCUT2D eigenvalue weighted by Gasteiger charge is -2.29. The van der Waals surface area contributed by atoms with Gasteiger partial charge in [0.1, 0.15) is 0 Å². The van der Waals surface area contributed by atoms with Crippen LogP contribution in [0.15, 0.2) is 22.7 Å². The Morgan fingerprint density at radius 1 is 1.20 bits per heavy atom. The second-order valence-corrected chi connectivity index (χ2v) is 6.78. The molecule has 0 fully saturated rings. The molecule has 0 saturated carbocycles. The van der Waals surface area contributed by atoms with Crippen LogP contribution in [0.25, 0.3) is 0 Å². The van der Waals surface area contributed by atoms with E-state index in [0.717, 1.165) is 30.0 Å². The van der Waals surface area contributed by atoms with Crippen molar-refractivity contribution in [1.82, 2.24) is 5.32 Å². The number of benzene rings is 1. The summed E-state index contributed by atoms with van der Waals surface area (Å²) < 4.78 is 1.16. The van der Waals surface area contributed by atoms with Gasteiger partial charge in [-0.2, -0.15) is 0 Å². The SMILES string of the molecule is CCC(C)CN(CC)c1cc(Br)ccc1CNC(C)C. The second kappa shape index (κ2) is 8.68. The van der Waals surface area contributed by atoms with E-state index in [1.165, 1.54) is 17.7 Å². The molecule has 0 radical (unpaired) electrons. The minimum Gasteiger partial charge on any atom is -0.371 e. The molecular weight excluding hydrogens is 312 g/mol. The molecule has 0 saturated heterocycles. The minimum absolute atomic E-state index is 0.510. The van der Waals surface area contributed by atoms with E-state index in [1.807, 2.05) is 0 Å². The van der Waals surface area contributed by atoms with Crippen LogP contribution in [0.3, 0.4) is 0 Å². The summed E-state index contributed by atoms with van der Waals surface area (Å²) in [4.78, 5) is 2.50. The van der Waals surface area contributed by atoms with Crippen LogP contribution in [0, 0.1) is 5.92 Å². The van der Waals surface area contributed by atoms with Gasteiger partial charge in [-0.05, 0) is 30.5 Å². The molecule has 3 heteroatoms. The maximum atomic E-state index is 3.61. The Balaban J connectivity index is 2.95. The third-order valence-corrected chi connectivity index (χ3v) is 4.19. The van der Waals surface area contributed by atoms with Gasteiger partial charge in [-0.3, -0.25) is 0 Å². The highest BCUT2D eigenvalue weighted by atomic mass is 79.9. The molecule has 2 nitrogen and oxygen atoms in total. The van der Waals surface area contributed by atoms with Gasteiger partial charge in [0.25, 0.3) is 0 Å². The summed E-state index contributed by atoms with van der Waals surface area (Å²) in [5.74, 6) is 0.722. The van der Waals surface area contributed by atoms with Crippen LogP contribution >= 0.6 is 15.9 Å². The van der Waals surface area contributed by atoms with Crippen LogP contribution in [0.5, 0.6) is 0 Å². The maximum Gasteiger partial charge on any atom is 0.0423 e. The lowest BCUT2D eigenvalue weighted by molar-refractivity contribution is 0.544. The van der Waals surface area contributed by atoms with Crippen LogP contribution in [0.2, 0.25) is 0 Å². The molecule has 1 unspecified atom stereocenters. The number of hydrogen-bond donors (Lipinski definition) is 1. The van der Waals surface area contributed by atoms with E-state index in [4.69, 9.17) is 0 Å². The number of hydrogen-bond acceptors (Lipinski definition) is 2. The van der Waals surface area contributed by atoms with Gasteiger partial charge in [-0.15, -0.1) is 0 Å². The van der Waals surface area contributed by atoms with Gasteiger partial charge < -0.3 is 10.2 Å². The fourth-order valence-corrected chi connectivity index (χ4v) is 2.55. The fraction of sp³-hybridized carbons (Fsp3) is 0.647. The highest BCUT2D eigenvalue weighted by Crippen LogP contribution is 2.26. The van der Waals surface area contributed by atoms with Crippen molar-refractivity contribution in [2.45, 2.75) is 53.6 Å². The smallest absolute Gasteiger partial charge is 0.0423 e. The van der Waals surface area contributed by atoms with E-state index in [9.17, 15) is 0 Å².